The number of hydrogen-bond acceptors (Lipinski definition) is 4. The van der Waals surface area contributed by atoms with E-state index in [-0.39, 0.29) is 12.1 Å². The van der Waals surface area contributed by atoms with E-state index in [1.165, 1.54) is 12.1 Å². The van der Waals surface area contributed by atoms with E-state index in [1.807, 2.05) is 6.07 Å². The normalized spacial score (nSPS) is 13.5. The molecule has 39 heavy (non-hydrogen) atoms. The van der Waals surface area contributed by atoms with Gasteiger partial charge in [-0.1, -0.05) is 19.4 Å². The van der Waals surface area contributed by atoms with Gasteiger partial charge in [0.2, 0.25) is 0 Å². The lowest BCUT2D eigenvalue weighted by atomic mass is 10.1. The van der Waals surface area contributed by atoms with Gasteiger partial charge < -0.3 is 5.32 Å². The molecule has 2 aromatic carbocycles. The van der Waals surface area contributed by atoms with Crippen LogP contribution in [0.15, 0.2) is 78.2 Å². The minimum absolute atomic E-state index is 0.0362. The molecule has 5 rings (SSSR count). The van der Waals surface area contributed by atoms with E-state index in [9.17, 15) is 28.6 Å². The molecule has 0 radical (unpaired) electrons. The van der Waals surface area contributed by atoms with Crippen LogP contribution < -0.4 is 5.32 Å². The van der Waals surface area contributed by atoms with E-state index in [4.69, 9.17) is 5.26 Å². The van der Waals surface area contributed by atoms with E-state index < -0.39 is 43.7 Å². The third-order valence-corrected chi connectivity index (χ3v) is 6.94. The zero-order valence-corrected chi connectivity index (χ0v) is 20.6. The van der Waals surface area contributed by atoms with Crippen LogP contribution in [0.25, 0.3) is 22.6 Å². The smallest absolute Gasteiger partial charge is 0.310 e. The maximum absolute atomic E-state index is 14.8. The Bertz CT molecular complexity index is 1830. The number of benzene rings is 2. The molecule has 0 saturated carbocycles. The molecule has 1 amide bonds. The molecular formula is C25H16F6N6OS. The Kier molecular flexibility index (Phi) is 5.38. The number of nitrogens with one attached hydrogen (secondary N) is 1. The molecule has 0 bridgehead atoms. The van der Waals surface area contributed by atoms with E-state index in [2.05, 4.69) is 15.4 Å². The van der Waals surface area contributed by atoms with Crippen molar-refractivity contribution in [1.82, 2.24) is 19.2 Å². The minimum Gasteiger partial charge on any atom is -0.319 e. The standard InChI is InChI=1S/C25H16F6N6OS/c1-15-7-20(26)22(34-25(38)18-8-16(13-32)9-19(10-18)39(27,28,29,30)31)11-23(15)36-5-6-37-24(36)12-21(35-37)17-3-2-4-33-14-17/h2-12,14H,1H3,(H,34,38). The van der Waals surface area contributed by atoms with Gasteiger partial charge in [-0.2, -0.15) is 10.4 Å². The molecule has 7 nitrogen and oxygen atoms in total. The minimum atomic E-state index is -10.2. The van der Waals surface area contributed by atoms with E-state index in [0.29, 0.717) is 28.7 Å². The molecule has 0 aliphatic heterocycles. The summed E-state index contributed by atoms with van der Waals surface area (Å²) in [4.78, 5) is 14.4. The van der Waals surface area contributed by atoms with Crippen molar-refractivity contribution in [3.05, 3.63) is 95.8 Å². The average molecular weight is 562 g/mol. The number of halogens is 6. The Morgan fingerprint density at radius 1 is 1.05 bits per heavy atom. The second-order valence-electron chi connectivity index (χ2n) is 8.64. The van der Waals surface area contributed by atoms with Gasteiger partial charge in [0.15, 0.2) is 0 Å². The van der Waals surface area contributed by atoms with Crippen LogP contribution >= 0.6 is 10.2 Å². The van der Waals surface area contributed by atoms with Crippen molar-refractivity contribution in [2.75, 3.05) is 5.32 Å². The number of aryl methyl sites for hydroxylation is 1. The molecule has 0 saturated heterocycles. The molecule has 0 aliphatic rings. The number of imidazole rings is 1. The van der Waals surface area contributed by atoms with E-state index in [0.717, 1.165) is 11.6 Å². The summed E-state index contributed by atoms with van der Waals surface area (Å²) in [5.74, 6) is -2.23. The van der Waals surface area contributed by atoms with Crippen LogP contribution in [0.5, 0.6) is 0 Å². The summed E-state index contributed by atoms with van der Waals surface area (Å²) in [5, 5.41) is 15.6. The Morgan fingerprint density at radius 2 is 1.82 bits per heavy atom. The van der Waals surface area contributed by atoms with Crippen LogP contribution in [-0.4, -0.2) is 25.1 Å². The lowest BCUT2D eigenvalue weighted by molar-refractivity contribution is 0.102. The van der Waals surface area contributed by atoms with Gasteiger partial charge in [-0.05, 0) is 55.0 Å². The summed E-state index contributed by atoms with van der Waals surface area (Å²) >= 11 is 0. The van der Waals surface area contributed by atoms with E-state index >= 15 is 0 Å². The monoisotopic (exact) mass is 562 g/mol. The number of fused-ring (bicyclic) bond motifs is 1. The zero-order valence-electron chi connectivity index (χ0n) is 19.7. The summed E-state index contributed by atoms with van der Waals surface area (Å²) in [6.07, 6.45) is 6.53. The highest BCUT2D eigenvalue weighted by atomic mass is 32.5. The lowest BCUT2D eigenvalue weighted by Crippen LogP contribution is -2.16. The maximum atomic E-state index is 14.8. The lowest BCUT2D eigenvalue weighted by Gasteiger charge is -2.40. The molecule has 3 heterocycles. The molecule has 0 unspecified atom stereocenters. The highest BCUT2D eigenvalue weighted by molar-refractivity contribution is 8.45. The van der Waals surface area contributed by atoms with Crippen LogP contribution in [-0.2, 0) is 0 Å². The molecule has 0 spiro atoms. The maximum Gasteiger partial charge on any atom is 0.310 e. The third-order valence-electron chi connectivity index (χ3n) is 5.81. The number of anilines is 1. The summed E-state index contributed by atoms with van der Waals surface area (Å²) in [6.45, 7) is 1.61. The SMILES string of the molecule is Cc1cc(F)c(NC(=O)c2cc(C#N)cc(S(F)(F)(F)(F)F)c2)cc1-n1ccn2nc(-c3cccnc3)cc12. The first kappa shape index (κ1) is 25.9. The highest BCUT2D eigenvalue weighted by Gasteiger charge is 2.65. The van der Waals surface area contributed by atoms with Gasteiger partial charge in [-0.15, -0.1) is 0 Å². The van der Waals surface area contributed by atoms with Crippen molar-refractivity contribution in [1.29, 1.82) is 5.26 Å². The number of hydrogen-bond donors (Lipinski definition) is 1. The van der Waals surface area contributed by atoms with Gasteiger partial charge in [0, 0.05) is 42.0 Å². The van der Waals surface area contributed by atoms with Gasteiger partial charge in [-0.25, -0.2) is 8.91 Å². The fourth-order valence-electron chi connectivity index (χ4n) is 3.97. The van der Waals surface area contributed by atoms with Crippen LogP contribution in [0, 0.1) is 24.1 Å². The number of pyridine rings is 1. The number of rotatable bonds is 5. The van der Waals surface area contributed by atoms with Gasteiger partial charge in [-0.3, -0.25) is 14.3 Å². The van der Waals surface area contributed by atoms with Gasteiger partial charge >= 0.3 is 10.2 Å². The number of carbonyl (C=O) groups is 1. The van der Waals surface area contributed by atoms with E-state index in [1.54, 1.807) is 52.9 Å². The molecule has 5 aromatic rings. The van der Waals surface area contributed by atoms with Crippen molar-refractivity contribution in [2.24, 2.45) is 0 Å². The van der Waals surface area contributed by atoms with Crippen LogP contribution in [0.4, 0.5) is 29.5 Å². The predicted octanol–water partition coefficient (Wildman–Crippen LogP) is 7.42. The molecule has 0 atom stereocenters. The zero-order chi connectivity index (χ0) is 28.2. The first-order valence-electron chi connectivity index (χ1n) is 11.0. The topological polar surface area (TPSA) is 88.0 Å². The van der Waals surface area contributed by atoms with Crippen LogP contribution in [0.3, 0.4) is 0 Å². The molecule has 1 N–H and O–H groups in total. The molecule has 14 heteroatoms. The molecule has 3 aromatic heterocycles. The molecule has 0 fully saturated rings. The summed E-state index contributed by atoms with van der Waals surface area (Å²) in [6, 6.07) is 9.61. The Morgan fingerprint density at radius 3 is 2.49 bits per heavy atom. The van der Waals surface area contributed by atoms with Crippen molar-refractivity contribution >= 4 is 27.5 Å². The number of nitriles is 1. The number of carbonyl (C=O) groups excluding carboxylic acids is 1. The van der Waals surface area contributed by atoms with Gasteiger partial charge in [0.05, 0.1) is 28.7 Å². The summed E-state index contributed by atoms with van der Waals surface area (Å²) in [7, 11) is -10.2. The first-order valence-corrected chi connectivity index (χ1v) is 13.0. The summed E-state index contributed by atoms with van der Waals surface area (Å²) < 4.78 is 84.9. The number of aromatic nitrogens is 4. The quantitative estimate of drug-likeness (QED) is 0.226. The fraction of sp³-hybridized carbons (Fsp3) is 0.0400. The second kappa shape index (κ2) is 8.11. The third kappa shape index (κ3) is 5.04. The van der Waals surface area contributed by atoms with Crippen molar-refractivity contribution in [3.8, 4) is 23.0 Å². The fourth-order valence-corrected chi connectivity index (χ4v) is 4.67. The van der Waals surface area contributed by atoms with Gasteiger partial charge in [0.25, 0.3) is 5.91 Å². The van der Waals surface area contributed by atoms with Crippen molar-refractivity contribution in [2.45, 2.75) is 11.8 Å². The largest absolute Gasteiger partial charge is 0.319 e. The first-order chi connectivity index (χ1) is 18.1. The molecule has 200 valence electrons. The van der Waals surface area contributed by atoms with Crippen LogP contribution in [0.1, 0.15) is 21.5 Å². The second-order valence-corrected chi connectivity index (χ2v) is 11.1. The Labute approximate surface area is 216 Å². The molecule has 0 aliphatic carbocycles. The van der Waals surface area contributed by atoms with Gasteiger partial charge in [0.1, 0.15) is 16.4 Å². The van der Waals surface area contributed by atoms with Crippen molar-refractivity contribution < 1.29 is 28.6 Å². The van der Waals surface area contributed by atoms with Crippen molar-refractivity contribution in [3.63, 3.8) is 0 Å². The Hall–Kier alpha value is -4.77. The summed E-state index contributed by atoms with van der Waals surface area (Å²) in [5.41, 5.74) is 0.661. The number of nitrogens with zero attached hydrogens (tertiary/aromatic N) is 5. The predicted molar refractivity (Wildman–Crippen MR) is 133 cm³/mol. The Balaban J connectivity index is 1.53. The average Bonchev–Trinajstić information content (AvgIpc) is 3.46. The molecular weight excluding hydrogens is 546 g/mol. The van der Waals surface area contributed by atoms with Crippen LogP contribution in [0.2, 0.25) is 0 Å². The highest BCUT2D eigenvalue weighted by Crippen LogP contribution is 3.02. The number of amides is 1.